The van der Waals surface area contributed by atoms with E-state index in [0.717, 1.165) is 35.0 Å². The molecule has 1 saturated carbocycles. The molecular weight excluding hydrogens is 316 g/mol. The van der Waals surface area contributed by atoms with E-state index in [1.54, 1.807) is 6.33 Å². The Morgan fingerprint density at radius 3 is 2.80 bits per heavy atom. The van der Waals surface area contributed by atoms with Crippen LogP contribution in [0.15, 0.2) is 10.8 Å². The van der Waals surface area contributed by atoms with Crippen LogP contribution in [0.3, 0.4) is 0 Å². The van der Waals surface area contributed by atoms with E-state index in [4.69, 9.17) is 0 Å². The van der Waals surface area contributed by atoms with Gasteiger partial charge in [-0.25, -0.2) is 9.97 Å². The van der Waals surface area contributed by atoms with Crippen molar-refractivity contribution in [2.24, 2.45) is 5.92 Å². The molecule has 2 rings (SSSR count). The largest absolute Gasteiger partial charge is 0.369 e. The van der Waals surface area contributed by atoms with Gasteiger partial charge in [-0.3, -0.25) is 0 Å². The van der Waals surface area contributed by atoms with Gasteiger partial charge >= 0.3 is 0 Å². The minimum atomic E-state index is 0.533. The number of nitrogens with one attached hydrogen (secondary N) is 2. The molecule has 2 unspecified atom stereocenters. The number of hydrogen-bond donors (Lipinski definition) is 2. The number of nitrogens with zero attached hydrogens (tertiary/aromatic N) is 2. The Balaban J connectivity index is 2.01. The fourth-order valence-electron chi connectivity index (χ4n) is 2.66. The van der Waals surface area contributed by atoms with Crippen LogP contribution in [0.1, 0.15) is 52.4 Å². The average Bonchev–Trinajstić information content (AvgIpc) is 2.65. The molecule has 0 aliphatic heterocycles. The molecule has 4 nitrogen and oxygen atoms in total. The SMILES string of the molecule is CCCNc1ncnc(NC2CCCC(C)CC2)c1Br. The highest BCUT2D eigenvalue weighted by atomic mass is 79.9. The molecule has 0 bridgehead atoms. The molecule has 0 aromatic carbocycles. The highest BCUT2D eigenvalue weighted by Gasteiger charge is 2.18. The minimum Gasteiger partial charge on any atom is -0.369 e. The van der Waals surface area contributed by atoms with Crippen molar-refractivity contribution < 1.29 is 0 Å². The Kier molecular flexibility index (Phi) is 6.07. The quantitative estimate of drug-likeness (QED) is 0.778. The van der Waals surface area contributed by atoms with Crippen molar-refractivity contribution in [1.29, 1.82) is 0 Å². The van der Waals surface area contributed by atoms with E-state index < -0.39 is 0 Å². The van der Waals surface area contributed by atoms with Crippen LogP contribution in [0, 0.1) is 5.92 Å². The molecule has 1 fully saturated rings. The van der Waals surface area contributed by atoms with Gasteiger partial charge in [-0.1, -0.05) is 26.7 Å². The molecule has 0 amide bonds. The predicted molar refractivity (Wildman–Crippen MR) is 88.2 cm³/mol. The summed E-state index contributed by atoms with van der Waals surface area (Å²) >= 11 is 3.62. The van der Waals surface area contributed by atoms with Crippen molar-refractivity contribution in [3.05, 3.63) is 10.8 Å². The third-order valence-electron chi connectivity index (χ3n) is 3.93. The summed E-state index contributed by atoms with van der Waals surface area (Å²) in [7, 11) is 0. The fourth-order valence-corrected chi connectivity index (χ4v) is 3.12. The summed E-state index contributed by atoms with van der Waals surface area (Å²) in [4.78, 5) is 8.67. The molecule has 0 spiro atoms. The molecule has 1 aromatic heterocycles. The first kappa shape index (κ1) is 15.5. The molecule has 5 heteroatoms. The Labute approximate surface area is 130 Å². The lowest BCUT2D eigenvalue weighted by molar-refractivity contribution is 0.502. The summed E-state index contributed by atoms with van der Waals surface area (Å²) < 4.78 is 0.950. The predicted octanol–water partition coefficient (Wildman–Crippen LogP) is 4.44. The fraction of sp³-hybridized carbons (Fsp3) is 0.733. The number of anilines is 2. The van der Waals surface area contributed by atoms with Crippen molar-refractivity contribution in [2.45, 2.75) is 58.4 Å². The second kappa shape index (κ2) is 7.81. The van der Waals surface area contributed by atoms with Gasteiger partial charge in [0.1, 0.15) is 22.4 Å². The van der Waals surface area contributed by atoms with E-state index >= 15 is 0 Å². The molecule has 20 heavy (non-hydrogen) atoms. The zero-order valence-electron chi connectivity index (χ0n) is 12.5. The molecule has 1 aromatic rings. The molecule has 1 aliphatic carbocycles. The number of halogens is 1. The van der Waals surface area contributed by atoms with Crippen LogP contribution in [0.5, 0.6) is 0 Å². The number of aromatic nitrogens is 2. The highest BCUT2D eigenvalue weighted by molar-refractivity contribution is 9.10. The van der Waals surface area contributed by atoms with Crippen molar-refractivity contribution in [2.75, 3.05) is 17.2 Å². The van der Waals surface area contributed by atoms with Gasteiger partial charge in [0.05, 0.1) is 0 Å². The normalized spacial score (nSPS) is 23.1. The van der Waals surface area contributed by atoms with Crippen LogP contribution in [0.4, 0.5) is 11.6 Å². The lowest BCUT2D eigenvalue weighted by atomic mass is 10.0. The zero-order chi connectivity index (χ0) is 14.4. The van der Waals surface area contributed by atoms with Crippen molar-refractivity contribution >= 4 is 27.6 Å². The van der Waals surface area contributed by atoms with Gasteiger partial charge in [0.25, 0.3) is 0 Å². The first-order chi connectivity index (χ1) is 9.70. The van der Waals surface area contributed by atoms with Gasteiger partial charge in [-0.2, -0.15) is 0 Å². The molecule has 1 aliphatic rings. The molecule has 0 radical (unpaired) electrons. The first-order valence-electron chi connectivity index (χ1n) is 7.71. The van der Waals surface area contributed by atoms with Crippen molar-refractivity contribution in [1.82, 2.24) is 9.97 Å². The lowest BCUT2D eigenvalue weighted by Gasteiger charge is -2.19. The third-order valence-corrected chi connectivity index (χ3v) is 4.68. The van der Waals surface area contributed by atoms with E-state index in [9.17, 15) is 0 Å². The summed E-state index contributed by atoms with van der Waals surface area (Å²) in [6.07, 6.45) is 9.15. The van der Waals surface area contributed by atoms with Crippen LogP contribution in [-0.4, -0.2) is 22.6 Å². The summed E-state index contributed by atoms with van der Waals surface area (Å²) in [5, 5.41) is 6.91. The van der Waals surface area contributed by atoms with Gasteiger partial charge in [0, 0.05) is 12.6 Å². The van der Waals surface area contributed by atoms with Gasteiger partial charge in [0.2, 0.25) is 0 Å². The second-order valence-corrected chi connectivity index (χ2v) is 6.56. The summed E-state index contributed by atoms with van der Waals surface area (Å²) in [5.41, 5.74) is 0. The molecule has 112 valence electrons. The third kappa shape index (κ3) is 4.33. The van der Waals surface area contributed by atoms with Crippen LogP contribution in [0.2, 0.25) is 0 Å². The standard InChI is InChI=1S/C15H25BrN4/c1-3-9-17-14-13(16)15(19-10-18-14)20-12-6-4-5-11(2)7-8-12/h10-12H,3-9H2,1-2H3,(H2,17,18,19,20). The smallest absolute Gasteiger partial charge is 0.146 e. The Hall–Kier alpha value is -0.840. The van der Waals surface area contributed by atoms with Crippen LogP contribution in [-0.2, 0) is 0 Å². The highest BCUT2D eigenvalue weighted by Crippen LogP contribution is 2.30. The van der Waals surface area contributed by atoms with Crippen molar-refractivity contribution in [3.8, 4) is 0 Å². The van der Waals surface area contributed by atoms with Crippen LogP contribution < -0.4 is 10.6 Å². The summed E-state index contributed by atoms with van der Waals surface area (Å²) in [5.74, 6) is 2.65. The van der Waals surface area contributed by atoms with Gasteiger partial charge in [-0.05, 0) is 47.5 Å². The summed E-state index contributed by atoms with van der Waals surface area (Å²) in [6.45, 7) is 5.43. The summed E-state index contributed by atoms with van der Waals surface area (Å²) in [6, 6.07) is 0.533. The van der Waals surface area contributed by atoms with Gasteiger partial charge in [0.15, 0.2) is 0 Å². The van der Waals surface area contributed by atoms with E-state index in [1.165, 1.54) is 32.1 Å². The van der Waals surface area contributed by atoms with E-state index in [2.05, 4.69) is 50.4 Å². The van der Waals surface area contributed by atoms with Crippen molar-refractivity contribution in [3.63, 3.8) is 0 Å². The lowest BCUT2D eigenvalue weighted by Crippen LogP contribution is -2.20. The molecule has 1 heterocycles. The minimum absolute atomic E-state index is 0.533. The topological polar surface area (TPSA) is 49.8 Å². The zero-order valence-corrected chi connectivity index (χ0v) is 14.0. The molecular formula is C15H25BrN4. The maximum atomic E-state index is 4.38. The molecule has 0 saturated heterocycles. The van der Waals surface area contributed by atoms with Gasteiger partial charge < -0.3 is 10.6 Å². The number of rotatable bonds is 5. The second-order valence-electron chi connectivity index (χ2n) is 5.77. The van der Waals surface area contributed by atoms with E-state index in [0.29, 0.717) is 6.04 Å². The number of hydrogen-bond acceptors (Lipinski definition) is 4. The van der Waals surface area contributed by atoms with E-state index in [1.807, 2.05) is 0 Å². The Bertz CT molecular complexity index is 424. The van der Waals surface area contributed by atoms with Crippen LogP contribution in [0.25, 0.3) is 0 Å². The maximum absolute atomic E-state index is 4.38. The average molecular weight is 341 g/mol. The first-order valence-corrected chi connectivity index (χ1v) is 8.51. The van der Waals surface area contributed by atoms with E-state index in [-0.39, 0.29) is 0 Å². The monoisotopic (exact) mass is 340 g/mol. The Morgan fingerprint density at radius 2 is 2.00 bits per heavy atom. The maximum Gasteiger partial charge on any atom is 0.146 e. The Morgan fingerprint density at radius 1 is 1.20 bits per heavy atom. The van der Waals surface area contributed by atoms with Gasteiger partial charge in [-0.15, -0.1) is 0 Å². The molecule has 2 N–H and O–H groups in total. The van der Waals surface area contributed by atoms with Crippen LogP contribution >= 0.6 is 15.9 Å². The molecule has 2 atom stereocenters.